The average molecular weight is 207 g/mol. The van der Waals surface area contributed by atoms with E-state index in [1.165, 1.54) is 17.0 Å². The number of amides is 1. The van der Waals surface area contributed by atoms with E-state index < -0.39 is 11.7 Å². The molecule has 1 aromatic rings. The van der Waals surface area contributed by atoms with Gasteiger partial charge >= 0.3 is 0 Å². The van der Waals surface area contributed by atoms with Gasteiger partial charge in [-0.2, -0.15) is 5.26 Å². The molecule has 1 aromatic carbocycles. The lowest BCUT2D eigenvalue weighted by atomic mass is 10.2. The minimum absolute atomic E-state index is 0.0195. The number of primary amides is 1. The van der Waals surface area contributed by atoms with Crippen LogP contribution in [0.4, 0.5) is 10.1 Å². The normalized spacial score (nSPS) is 9.40. The van der Waals surface area contributed by atoms with E-state index in [-0.39, 0.29) is 12.1 Å². The molecule has 0 unspecified atom stereocenters. The monoisotopic (exact) mass is 207 g/mol. The molecule has 1 amide bonds. The third-order valence-corrected chi connectivity index (χ3v) is 1.85. The van der Waals surface area contributed by atoms with Crippen LogP contribution in [-0.4, -0.2) is 19.5 Å². The van der Waals surface area contributed by atoms with Crippen molar-refractivity contribution in [2.45, 2.75) is 0 Å². The van der Waals surface area contributed by atoms with Gasteiger partial charge in [0.05, 0.1) is 18.2 Å². The van der Waals surface area contributed by atoms with E-state index in [1.54, 1.807) is 7.05 Å². The highest BCUT2D eigenvalue weighted by Crippen LogP contribution is 2.16. The summed E-state index contributed by atoms with van der Waals surface area (Å²) in [6.07, 6.45) is 0. The maximum Gasteiger partial charge on any atom is 0.236 e. The van der Waals surface area contributed by atoms with Crippen LogP contribution in [0.5, 0.6) is 0 Å². The Hall–Kier alpha value is -2.09. The number of nitrogens with zero attached hydrogens (tertiary/aromatic N) is 2. The molecule has 5 heteroatoms. The number of carbonyl (C=O) groups excluding carboxylic acids is 1. The quantitative estimate of drug-likeness (QED) is 0.789. The molecule has 0 radical (unpaired) electrons. The van der Waals surface area contributed by atoms with Gasteiger partial charge in [-0.05, 0) is 18.2 Å². The molecule has 0 aliphatic heterocycles. The number of likely N-dealkylation sites (N-methyl/N-ethyl adjacent to an activating group) is 1. The Morgan fingerprint density at radius 2 is 2.27 bits per heavy atom. The van der Waals surface area contributed by atoms with Crippen molar-refractivity contribution in [2.24, 2.45) is 5.73 Å². The van der Waals surface area contributed by atoms with E-state index in [0.29, 0.717) is 5.69 Å². The summed E-state index contributed by atoms with van der Waals surface area (Å²) in [5.41, 5.74) is 5.66. The van der Waals surface area contributed by atoms with Gasteiger partial charge in [0.2, 0.25) is 5.91 Å². The van der Waals surface area contributed by atoms with E-state index in [4.69, 9.17) is 11.0 Å². The second-order valence-corrected chi connectivity index (χ2v) is 3.13. The first-order valence-electron chi connectivity index (χ1n) is 4.23. The predicted octanol–water partition coefficient (Wildman–Crippen LogP) is 0.619. The lowest BCUT2D eigenvalue weighted by Gasteiger charge is -2.17. The number of benzene rings is 1. The Morgan fingerprint density at radius 3 is 2.80 bits per heavy atom. The molecule has 4 nitrogen and oxygen atoms in total. The lowest BCUT2D eigenvalue weighted by Crippen LogP contribution is -2.30. The summed E-state index contributed by atoms with van der Waals surface area (Å²) in [6.45, 7) is -0.0195. The fourth-order valence-corrected chi connectivity index (χ4v) is 1.18. The summed E-state index contributed by atoms with van der Waals surface area (Å²) < 4.78 is 13.0. The maximum absolute atomic E-state index is 13.0. The summed E-state index contributed by atoms with van der Waals surface area (Å²) in [5, 5.41) is 8.62. The van der Waals surface area contributed by atoms with Crippen LogP contribution in [0.25, 0.3) is 0 Å². The predicted molar refractivity (Wildman–Crippen MR) is 53.6 cm³/mol. The molecular weight excluding hydrogens is 197 g/mol. The van der Waals surface area contributed by atoms with E-state index in [2.05, 4.69) is 0 Å². The zero-order valence-electron chi connectivity index (χ0n) is 8.20. The maximum atomic E-state index is 13.0. The van der Waals surface area contributed by atoms with Crippen molar-refractivity contribution in [2.75, 3.05) is 18.5 Å². The largest absolute Gasteiger partial charge is 0.368 e. The van der Waals surface area contributed by atoms with Gasteiger partial charge in [0, 0.05) is 12.7 Å². The first-order chi connectivity index (χ1) is 7.02. The molecule has 0 bridgehead atoms. The minimum atomic E-state index is -0.514. The summed E-state index contributed by atoms with van der Waals surface area (Å²) in [5.74, 6) is -1.03. The van der Waals surface area contributed by atoms with Gasteiger partial charge in [0.1, 0.15) is 5.82 Å². The number of rotatable bonds is 3. The first kappa shape index (κ1) is 11.0. The highest BCUT2D eigenvalue weighted by molar-refractivity contribution is 5.79. The lowest BCUT2D eigenvalue weighted by molar-refractivity contribution is -0.116. The van der Waals surface area contributed by atoms with Crippen LogP contribution in [-0.2, 0) is 4.79 Å². The van der Waals surface area contributed by atoms with E-state index >= 15 is 0 Å². The molecule has 78 valence electrons. The fourth-order valence-electron chi connectivity index (χ4n) is 1.18. The molecule has 0 saturated carbocycles. The summed E-state index contributed by atoms with van der Waals surface area (Å²) in [7, 11) is 1.60. The van der Waals surface area contributed by atoms with Crippen molar-refractivity contribution in [3.05, 3.63) is 29.6 Å². The smallest absolute Gasteiger partial charge is 0.236 e. The second-order valence-electron chi connectivity index (χ2n) is 3.13. The van der Waals surface area contributed by atoms with E-state index in [1.807, 2.05) is 6.07 Å². The highest BCUT2D eigenvalue weighted by atomic mass is 19.1. The van der Waals surface area contributed by atoms with Crippen LogP contribution >= 0.6 is 0 Å². The molecule has 15 heavy (non-hydrogen) atoms. The molecule has 0 aromatic heterocycles. The third kappa shape index (κ3) is 2.95. The van der Waals surface area contributed by atoms with Gasteiger partial charge in [-0.1, -0.05) is 0 Å². The SMILES string of the molecule is CN(CC(N)=O)c1cc(F)cc(C#N)c1. The number of nitriles is 1. The van der Waals surface area contributed by atoms with Crippen LogP contribution in [0.2, 0.25) is 0 Å². The fraction of sp³-hybridized carbons (Fsp3) is 0.200. The van der Waals surface area contributed by atoms with Crippen LogP contribution in [0, 0.1) is 17.1 Å². The van der Waals surface area contributed by atoms with Crippen molar-refractivity contribution >= 4 is 11.6 Å². The Labute approximate surface area is 86.7 Å². The number of hydrogen-bond donors (Lipinski definition) is 1. The summed E-state index contributed by atoms with van der Waals surface area (Å²) in [6, 6.07) is 5.69. The van der Waals surface area contributed by atoms with Crippen LogP contribution in [0.3, 0.4) is 0 Å². The van der Waals surface area contributed by atoms with Gasteiger partial charge < -0.3 is 10.6 Å². The van der Waals surface area contributed by atoms with Gasteiger partial charge in [0.25, 0.3) is 0 Å². The molecule has 0 saturated heterocycles. The topological polar surface area (TPSA) is 70.1 Å². The Bertz CT molecular complexity index is 425. The zero-order valence-corrected chi connectivity index (χ0v) is 8.20. The van der Waals surface area contributed by atoms with Gasteiger partial charge in [0.15, 0.2) is 0 Å². The van der Waals surface area contributed by atoms with Crippen LogP contribution in [0.15, 0.2) is 18.2 Å². The number of halogens is 1. The Kier molecular flexibility index (Phi) is 3.24. The molecule has 0 spiro atoms. The first-order valence-corrected chi connectivity index (χ1v) is 4.23. The number of hydrogen-bond acceptors (Lipinski definition) is 3. The number of anilines is 1. The van der Waals surface area contributed by atoms with E-state index in [0.717, 1.165) is 6.07 Å². The standard InChI is InChI=1S/C10H10FN3O/c1-14(6-10(13)15)9-3-7(5-12)2-8(11)4-9/h2-4H,6H2,1H3,(H2,13,15). The molecule has 1 rings (SSSR count). The molecule has 0 heterocycles. The minimum Gasteiger partial charge on any atom is -0.368 e. The van der Waals surface area contributed by atoms with Crippen molar-refractivity contribution in [1.82, 2.24) is 0 Å². The van der Waals surface area contributed by atoms with Gasteiger partial charge in [-0.3, -0.25) is 4.79 Å². The molecular formula is C10H10FN3O. The van der Waals surface area contributed by atoms with Crippen LogP contribution < -0.4 is 10.6 Å². The molecule has 2 N–H and O–H groups in total. The highest BCUT2D eigenvalue weighted by Gasteiger charge is 2.07. The second kappa shape index (κ2) is 4.42. The summed E-state index contributed by atoms with van der Waals surface area (Å²) >= 11 is 0. The van der Waals surface area contributed by atoms with Crippen molar-refractivity contribution in [3.63, 3.8) is 0 Å². The average Bonchev–Trinajstić information content (AvgIpc) is 2.15. The number of nitrogens with two attached hydrogens (primary N) is 1. The Balaban J connectivity index is 2.99. The van der Waals surface area contributed by atoms with Crippen molar-refractivity contribution < 1.29 is 9.18 Å². The van der Waals surface area contributed by atoms with E-state index in [9.17, 15) is 9.18 Å². The number of carbonyl (C=O) groups is 1. The van der Waals surface area contributed by atoms with Crippen molar-refractivity contribution in [1.29, 1.82) is 5.26 Å². The van der Waals surface area contributed by atoms with Crippen molar-refractivity contribution in [3.8, 4) is 6.07 Å². The Morgan fingerprint density at radius 1 is 1.60 bits per heavy atom. The van der Waals surface area contributed by atoms with Crippen LogP contribution in [0.1, 0.15) is 5.56 Å². The van der Waals surface area contributed by atoms with Gasteiger partial charge in [-0.25, -0.2) is 4.39 Å². The summed E-state index contributed by atoms with van der Waals surface area (Å²) in [4.78, 5) is 12.1. The van der Waals surface area contributed by atoms with Gasteiger partial charge in [-0.15, -0.1) is 0 Å². The molecule has 0 atom stereocenters. The molecule has 0 fully saturated rings. The third-order valence-electron chi connectivity index (χ3n) is 1.85. The molecule has 0 aliphatic carbocycles. The zero-order chi connectivity index (χ0) is 11.4. The molecule has 0 aliphatic rings.